The Morgan fingerprint density at radius 3 is 2.95 bits per heavy atom. The second kappa shape index (κ2) is 7.12. The molecule has 0 aliphatic heterocycles. The van der Waals surface area contributed by atoms with Crippen molar-refractivity contribution >= 4 is 17.7 Å². The first kappa shape index (κ1) is 15.4. The highest BCUT2D eigenvalue weighted by Crippen LogP contribution is 2.20. The van der Waals surface area contributed by atoms with Crippen molar-refractivity contribution in [3.05, 3.63) is 45.8 Å². The highest BCUT2D eigenvalue weighted by Gasteiger charge is 2.12. The Kier molecular flexibility index (Phi) is 5.21. The Labute approximate surface area is 125 Å². The summed E-state index contributed by atoms with van der Waals surface area (Å²) in [6.07, 6.45) is 0.700. The smallest absolute Gasteiger partial charge is 0.374 e. The lowest BCUT2D eigenvalue weighted by Crippen LogP contribution is -2.09. The minimum absolute atomic E-state index is 0.170. The zero-order chi connectivity index (χ0) is 15.2. The van der Waals surface area contributed by atoms with Gasteiger partial charge in [0.15, 0.2) is 5.16 Å². The third-order valence-corrected chi connectivity index (χ3v) is 3.52. The van der Waals surface area contributed by atoms with Crippen LogP contribution < -0.4 is 5.56 Å². The van der Waals surface area contributed by atoms with Crippen LogP contribution in [-0.2, 0) is 16.9 Å². The van der Waals surface area contributed by atoms with E-state index in [4.69, 9.17) is 9.15 Å². The predicted octanol–water partition coefficient (Wildman–Crippen LogP) is 2.39. The molecule has 0 atom stereocenters. The van der Waals surface area contributed by atoms with Gasteiger partial charge in [0, 0.05) is 11.8 Å². The van der Waals surface area contributed by atoms with Crippen LogP contribution in [0.25, 0.3) is 0 Å². The molecular formula is C14H16N2O4S. The van der Waals surface area contributed by atoms with Crippen molar-refractivity contribution in [2.75, 3.05) is 6.61 Å². The van der Waals surface area contributed by atoms with E-state index in [1.165, 1.54) is 17.8 Å². The van der Waals surface area contributed by atoms with Crippen LogP contribution in [0.2, 0.25) is 0 Å². The molecule has 0 radical (unpaired) electrons. The van der Waals surface area contributed by atoms with Crippen molar-refractivity contribution < 1.29 is 13.9 Å². The molecule has 2 aromatic heterocycles. The van der Waals surface area contributed by atoms with Crippen molar-refractivity contribution in [2.45, 2.75) is 31.2 Å². The van der Waals surface area contributed by atoms with Gasteiger partial charge in [0.2, 0.25) is 5.76 Å². The second-order valence-corrected chi connectivity index (χ2v) is 5.13. The maximum Gasteiger partial charge on any atom is 0.374 e. The number of aromatic amines is 1. The summed E-state index contributed by atoms with van der Waals surface area (Å²) in [5.41, 5.74) is 0.573. The normalized spacial score (nSPS) is 10.6. The molecule has 2 rings (SSSR count). The number of carbonyl (C=O) groups is 1. The van der Waals surface area contributed by atoms with Crippen LogP contribution in [-0.4, -0.2) is 22.5 Å². The van der Waals surface area contributed by atoms with E-state index < -0.39 is 5.97 Å². The largest absolute Gasteiger partial charge is 0.460 e. The maximum atomic E-state index is 11.5. The molecule has 0 spiro atoms. The van der Waals surface area contributed by atoms with E-state index in [2.05, 4.69) is 9.97 Å². The zero-order valence-electron chi connectivity index (χ0n) is 11.8. The van der Waals surface area contributed by atoms with Crippen molar-refractivity contribution in [1.29, 1.82) is 0 Å². The van der Waals surface area contributed by atoms with Crippen LogP contribution >= 0.6 is 11.8 Å². The van der Waals surface area contributed by atoms with Gasteiger partial charge in [0.05, 0.1) is 12.4 Å². The first-order chi connectivity index (χ1) is 10.1. The number of furan rings is 1. The molecule has 0 saturated carbocycles. The van der Waals surface area contributed by atoms with Gasteiger partial charge in [0.25, 0.3) is 5.56 Å². The fourth-order valence-corrected chi connectivity index (χ4v) is 2.43. The number of aromatic nitrogens is 2. The Balaban J connectivity index is 2.02. The third-order valence-electron chi connectivity index (χ3n) is 2.62. The average molecular weight is 308 g/mol. The van der Waals surface area contributed by atoms with E-state index in [9.17, 15) is 9.59 Å². The molecule has 0 bridgehead atoms. The predicted molar refractivity (Wildman–Crippen MR) is 78.5 cm³/mol. The number of aryl methyl sites for hydroxylation is 1. The molecule has 0 unspecified atom stereocenters. The lowest BCUT2D eigenvalue weighted by molar-refractivity contribution is 0.0488. The van der Waals surface area contributed by atoms with Crippen LogP contribution in [0.5, 0.6) is 0 Å². The van der Waals surface area contributed by atoms with Gasteiger partial charge in [-0.15, -0.1) is 0 Å². The number of ether oxygens (including phenoxy) is 1. The number of hydrogen-bond donors (Lipinski definition) is 1. The minimum atomic E-state index is -0.478. The number of hydrogen-bond acceptors (Lipinski definition) is 6. The fourth-order valence-electron chi connectivity index (χ4n) is 1.64. The van der Waals surface area contributed by atoms with Gasteiger partial charge in [-0.2, -0.15) is 0 Å². The molecule has 21 heavy (non-hydrogen) atoms. The molecule has 6 nitrogen and oxygen atoms in total. The molecule has 0 aromatic carbocycles. The molecule has 0 amide bonds. The summed E-state index contributed by atoms with van der Waals surface area (Å²) in [6.45, 7) is 3.98. The van der Waals surface area contributed by atoms with E-state index in [1.54, 1.807) is 19.1 Å². The molecule has 112 valence electrons. The van der Waals surface area contributed by atoms with Gasteiger partial charge in [-0.1, -0.05) is 18.7 Å². The van der Waals surface area contributed by atoms with Crippen LogP contribution in [0.15, 0.2) is 32.6 Å². The summed E-state index contributed by atoms with van der Waals surface area (Å²) in [5.74, 6) is 0.785. The van der Waals surface area contributed by atoms with Crippen molar-refractivity contribution in [1.82, 2.24) is 9.97 Å². The first-order valence-electron chi connectivity index (χ1n) is 6.61. The summed E-state index contributed by atoms with van der Waals surface area (Å²) in [6, 6.07) is 4.77. The number of H-pyrrole nitrogens is 1. The molecule has 0 aliphatic rings. The highest BCUT2D eigenvalue weighted by molar-refractivity contribution is 7.98. The second-order valence-electron chi connectivity index (χ2n) is 4.17. The Hall–Kier alpha value is -2.02. The highest BCUT2D eigenvalue weighted by atomic mass is 32.2. The standard InChI is InChI=1S/C14H16N2O4S/c1-3-9-7-12(17)16-14(15-9)21-8-10-5-6-11(20-10)13(18)19-4-2/h5-7H,3-4,8H2,1-2H3,(H,15,16,17). The molecule has 1 N–H and O–H groups in total. The molecule has 0 saturated heterocycles. The summed E-state index contributed by atoms with van der Waals surface area (Å²) in [4.78, 5) is 29.9. The molecule has 0 aliphatic carbocycles. The fraction of sp³-hybridized carbons (Fsp3) is 0.357. The van der Waals surface area contributed by atoms with E-state index in [-0.39, 0.29) is 11.3 Å². The van der Waals surface area contributed by atoms with Gasteiger partial charge < -0.3 is 14.1 Å². The topological polar surface area (TPSA) is 85.2 Å². The summed E-state index contributed by atoms with van der Waals surface area (Å²) < 4.78 is 10.2. The first-order valence-corrected chi connectivity index (χ1v) is 7.59. The SMILES string of the molecule is CCOC(=O)c1ccc(CSc2nc(CC)cc(=O)[nH]2)o1. The van der Waals surface area contributed by atoms with E-state index in [0.29, 0.717) is 29.7 Å². The summed E-state index contributed by atoms with van der Waals surface area (Å²) in [5, 5.41) is 0.536. The maximum absolute atomic E-state index is 11.5. The van der Waals surface area contributed by atoms with Crippen molar-refractivity contribution in [2.24, 2.45) is 0 Å². The van der Waals surface area contributed by atoms with Gasteiger partial charge in [0.1, 0.15) is 5.76 Å². The zero-order valence-corrected chi connectivity index (χ0v) is 12.7. The van der Waals surface area contributed by atoms with E-state index in [0.717, 1.165) is 5.69 Å². The van der Waals surface area contributed by atoms with Gasteiger partial charge in [-0.25, -0.2) is 9.78 Å². The average Bonchev–Trinajstić information content (AvgIpc) is 2.94. The van der Waals surface area contributed by atoms with Crippen LogP contribution in [0, 0.1) is 0 Å². The molecule has 7 heteroatoms. The van der Waals surface area contributed by atoms with Gasteiger partial charge >= 0.3 is 5.97 Å². The number of thioether (sulfide) groups is 1. The number of rotatable bonds is 6. The summed E-state index contributed by atoms with van der Waals surface area (Å²) >= 11 is 1.34. The quantitative estimate of drug-likeness (QED) is 0.501. The Morgan fingerprint density at radius 1 is 1.43 bits per heavy atom. The molecule has 2 aromatic rings. The van der Waals surface area contributed by atoms with Crippen molar-refractivity contribution in [3.8, 4) is 0 Å². The van der Waals surface area contributed by atoms with E-state index >= 15 is 0 Å². The minimum Gasteiger partial charge on any atom is -0.460 e. The number of esters is 1. The van der Waals surface area contributed by atoms with Crippen LogP contribution in [0.1, 0.15) is 35.9 Å². The van der Waals surface area contributed by atoms with Gasteiger partial charge in [-0.05, 0) is 25.5 Å². The Morgan fingerprint density at radius 2 is 2.24 bits per heavy atom. The van der Waals surface area contributed by atoms with Crippen LogP contribution in [0.4, 0.5) is 0 Å². The number of nitrogens with zero attached hydrogens (tertiary/aromatic N) is 1. The lowest BCUT2D eigenvalue weighted by Gasteiger charge is -2.01. The van der Waals surface area contributed by atoms with E-state index in [1.807, 2.05) is 6.92 Å². The number of nitrogens with one attached hydrogen (secondary N) is 1. The Bertz CT molecular complexity index is 678. The third kappa shape index (κ3) is 4.22. The summed E-state index contributed by atoms with van der Waals surface area (Å²) in [7, 11) is 0. The van der Waals surface area contributed by atoms with Crippen LogP contribution in [0.3, 0.4) is 0 Å². The van der Waals surface area contributed by atoms with Crippen molar-refractivity contribution in [3.63, 3.8) is 0 Å². The number of carbonyl (C=O) groups excluding carboxylic acids is 1. The van der Waals surface area contributed by atoms with Gasteiger partial charge in [-0.3, -0.25) is 4.79 Å². The molecule has 2 heterocycles. The monoisotopic (exact) mass is 308 g/mol. The molecular weight excluding hydrogens is 292 g/mol. The lowest BCUT2D eigenvalue weighted by atomic mass is 10.3. The molecule has 0 fully saturated rings.